The third kappa shape index (κ3) is 6.07. The third-order valence-corrected chi connectivity index (χ3v) is 0.863. The van der Waals surface area contributed by atoms with Crippen LogP contribution in [-0.2, 0) is 0 Å². The first kappa shape index (κ1) is 12.6. The maximum atomic E-state index is 7.00. The first-order chi connectivity index (χ1) is 4.39. The number of hydrogen-bond donors (Lipinski definition) is 1. The topological polar surface area (TPSA) is 20.2 Å². The van der Waals surface area contributed by atoms with Gasteiger partial charge in [-0.1, -0.05) is 6.92 Å². The van der Waals surface area contributed by atoms with Crippen LogP contribution in [-0.4, -0.2) is 35.3 Å². The number of hydrogen-bond acceptors (Lipinski definition) is 1. The Morgan fingerprint density at radius 2 is 2.00 bits per heavy atom. The smallest absolute Gasteiger partial charge is 0.400 e. The Kier molecular flexibility index (Phi) is 11.3. The normalized spacial score (nSPS) is 6.70. The van der Waals surface area contributed by atoms with E-state index in [0.29, 0.717) is 0 Å². The molecule has 0 spiro atoms. The van der Waals surface area contributed by atoms with Crippen LogP contribution in [0.25, 0.3) is 0 Å². The summed E-state index contributed by atoms with van der Waals surface area (Å²) < 4.78 is 0. The molecule has 10 heavy (non-hydrogen) atoms. The van der Waals surface area contributed by atoms with Crippen molar-refractivity contribution in [2.45, 2.75) is 6.92 Å². The first-order valence-electron chi connectivity index (χ1n) is 2.77. The third-order valence-electron chi connectivity index (χ3n) is 0.863. The van der Waals surface area contributed by atoms with Gasteiger partial charge in [0.2, 0.25) is 0 Å². The molecule has 0 fully saturated rings. The molecule has 0 saturated carbocycles. The van der Waals surface area contributed by atoms with Crippen LogP contribution in [0.3, 0.4) is 0 Å². The summed E-state index contributed by atoms with van der Waals surface area (Å²) in [5, 5.41) is 7.00. The van der Waals surface area contributed by atoms with Gasteiger partial charge in [-0.05, 0) is 0 Å². The van der Waals surface area contributed by atoms with E-state index in [-0.39, 0.29) is 23.1 Å². The van der Waals surface area contributed by atoms with E-state index < -0.39 is 0 Å². The van der Waals surface area contributed by atoms with Gasteiger partial charge in [-0.3, -0.25) is 0 Å². The van der Waals surface area contributed by atoms with Crippen molar-refractivity contribution in [3.05, 3.63) is 35.9 Å². The molecule has 0 radical (unpaired) electrons. The molecule has 0 bridgehead atoms. The molecular weight excluding hydrogens is 136 g/mol. The molecule has 0 aliphatic heterocycles. The molecule has 0 atom stereocenters. The zero-order valence-corrected chi connectivity index (χ0v) is 7.88. The van der Waals surface area contributed by atoms with Crippen LogP contribution in [0.4, 0.5) is 0 Å². The molecule has 0 aliphatic rings. The van der Waals surface area contributed by atoms with E-state index >= 15 is 0 Å². The quantitative estimate of drug-likeness (QED) is 0.429. The Bertz CT molecular complexity index is 139. The van der Waals surface area contributed by atoms with Crippen molar-refractivity contribution in [1.29, 1.82) is 0 Å². The maximum absolute atomic E-state index is 7.00. The second kappa shape index (κ2) is 8.95. The molecule has 0 heterocycles. The standard InChI is InChI=1S/C7H7.CH4O.Mg/c1-7-5-3-2-4-6-7;1-2;/h2-3,5-6H,1H3;2H,1H3;/q-1;;+2. The summed E-state index contributed by atoms with van der Waals surface area (Å²) in [6.45, 7) is 2.05. The van der Waals surface area contributed by atoms with Crippen LogP contribution >= 0.6 is 0 Å². The minimum atomic E-state index is 0. The second-order valence-electron chi connectivity index (χ2n) is 1.58. The van der Waals surface area contributed by atoms with Gasteiger partial charge in [0.1, 0.15) is 0 Å². The Morgan fingerprint density at radius 1 is 1.40 bits per heavy atom. The minimum absolute atomic E-state index is 0. The molecule has 1 aromatic carbocycles. The van der Waals surface area contributed by atoms with Gasteiger partial charge in [0.05, 0.1) is 0 Å². The summed E-state index contributed by atoms with van der Waals surface area (Å²) in [6, 6.07) is 10.8. The number of aliphatic hydroxyl groups is 1. The largest absolute Gasteiger partial charge is 2.00 e. The fourth-order valence-electron chi connectivity index (χ4n) is 0.483. The zero-order chi connectivity index (χ0) is 7.11. The van der Waals surface area contributed by atoms with Gasteiger partial charge in [0.25, 0.3) is 0 Å². The van der Waals surface area contributed by atoms with Gasteiger partial charge in [-0.15, -0.1) is 0 Å². The van der Waals surface area contributed by atoms with Crippen LogP contribution in [0.2, 0.25) is 0 Å². The fraction of sp³-hybridized carbons (Fsp3) is 0.250. The monoisotopic (exact) mass is 147 g/mol. The first-order valence-corrected chi connectivity index (χ1v) is 2.77. The van der Waals surface area contributed by atoms with E-state index in [1.54, 1.807) is 0 Å². The van der Waals surface area contributed by atoms with E-state index in [4.69, 9.17) is 5.11 Å². The van der Waals surface area contributed by atoms with Crippen molar-refractivity contribution >= 4 is 23.1 Å². The Morgan fingerprint density at radius 3 is 2.20 bits per heavy atom. The number of benzene rings is 1. The predicted octanol–water partition coefficient (Wildman–Crippen LogP) is 1.02. The summed E-state index contributed by atoms with van der Waals surface area (Å²) in [4.78, 5) is 0. The minimum Gasteiger partial charge on any atom is -0.400 e. The van der Waals surface area contributed by atoms with E-state index in [9.17, 15) is 0 Å². The summed E-state index contributed by atoms with van der Waals surface area (Å²) in [6.07, 6.45) is 0. The summed E-state index contributed by atoms with van der Waals surface area (Å²) >= 11 is 0. The van der Waals surface area contributed by atoms with Crippen molar-refractivity contribution in [3.63, 3.8) is 0 Å². The zero-order valence-electron chi connectivity index (χ0n) is 6.46. The van der Waals surface area contributed by atoms with Crippen molar-refractivity contribution < 1.29 is 5.11 Å². The molecule has 2 heteroatoms. The van der Waals surface area contributed by atoms with Crippen molar-refractivity contribution in [1.82, 2.24) is 0 Å². The van der Waals surface area contributed by atoms with Gasteiger partial charge in [-0.25, -0.2) is 0 Å². The van der Waals surface area contributed by atoms with Crippen molar-refractivity contribution in [2.24, 2.45) is 0 Å². The molecule has 1 nitrogen and oxygen atoms in total. The summed E-state index contributed by atoms with van der Waals surface area (Å²) in [5.74, 6) is 0. The molecule has 1 rings (SSSR count). The van der Waals surface area contributed by atoms with E-state index in [1.165, 1.54) is 5.56 Å². The Balaban J connectivity index is 0. The number of rotatable bonds is 0. The average molecular weight is 147 g/mol. The Hall–Kier alpha value is -0.0538. The molecule has 1 N–H and O–H groups in total. The molecule has 50 valence electrons. The van der Waals surface area contributed by atoms with Gasteiger partial charge in [-0.2, -0.15) is 35.9 Å². The van der Waals surface area contributed by atoms with Crippen LogP contribution < -0.4 is 0 Å². The molecule has 0 amide bonds. The van der Waals surface area contributed by atoms with Crippen molar-refractivity contribution in [2.75, 3.05) is 7.11 Å². The van der Waals surface area contributed by atoms with E-state index in [0.717, 1.165) is 7.11 Å². The van der Waals surface area contributed by atoms with Gasteiger partial charge in [0.15, 0.2) is 0 Å². The van der Waals surface area contributed by atoms with Crippen molar-refractivity contribution in [3.8, 4) is 0 Å². The van der Waals surface area contributed by atoms with Crippen LogP contribution in [0.5, 0.6) is 0 Å². The van der Waals surface area contributed by atoms with E-state index in [1.807, 2.05) is 18.2 Å². The average Bonchev–Trinajstić information content (AvgIpc) is 1.94. The van der Waals surface area contributed by atoms with Gasteiger partial charge in [0, 0.05) is 7.11 Å². The van der Waals surface area contributed by atoms with Gasteiger partial charge >= 0.3 is 23.1 Å². The summed E-state index contributed by atoms with van der Waals surface area (Å²) in [5.41, 5.74) is 1.27. The van der Waals surface area contributed by atoms with Crippen LogP contribution in [0, 0.1) is 13.0 Å². The molecule has 1 aromatic rings. The molecule has 0 aliphatic carbocycles. The molecule has 0 unspecified atom stereocenters. The van der Waals surface area contributed by atoms with Crippen LogP contribution in [0.1, 0.15) is 5.56 Å². The fourth-order valence-corrected chi connectivity index (χ4v) is 0.483. The summed E-state index contributed by atoms with van der Waals surface area (Å²) in [7, 11) is 1.00. The molecular formula is C8H11MgO+. The molecule has 0 saturated heterocycles. The number of aryl methyl sites for hydroxylation is 1. The molecule has 0 aromatic heterocycles. The Labute approximate surface area is 78.2 Å². The number of aliphatic hydroxyl groups excluding tert-OH is 1. The van der Waals surface area contributed by atoms with Gasteiger partial charge < -0.3 is 5.11 Å². The second-order valence-corrected chi connectivity index (χ2v) is 1.58. The predicted molar refractivity (Wildman–Crippen MR) is 43.9 cm³/mol. The van der Waals surface area contributed by atoms with Crippen LogP contribution in [0.15, 0.2) is 24.3 Å². The SMILES string of the molecule is CO.Cc1c[c-]ccc1.[Mg+2]. The van der Waals surface area contributed by atoms with E-state index in [2.05, 4.69) is 19.1 Å². The maximum Gasteiger partial charge on any atom is 2.00 e.